The van der Waals surface area contributed by atoms with Crippen LogP contribution < -0.4 is 10.1 Å². The Balaban J connectivity index is 1.73. The molecule has 0 unspecified atom stereocenters. The zero-order valence-electron chi connectivity index (χ0n) is 13.2. The summed E-state index contributed by atoms with van der Waals surface area (Å²) in [5, 5.41) is 2.94. The van der Waals surface area contributed by atoms with E-state index in [1.54, 1.807) is 0 Å². The Hall–Kier alpha value is -2.29. The van der Waals surface area contributed by atoms with E-state index in [-0.39, 0.29) is 5.91 Å². The lowest BCUT2D eigenvalue weighted by molar-refractivity contribution is -0.116. The lowest BCUT2D eigenvalue weighted by Gasteiger charge is -2.10. The first-order valence-electron chi connectivity index (χ1n) is 7.73. The van der Waals surface area contributed by atoms with Crippen LogP contribution >= 0.6 is 0 Å². The predicted octanol–water partition coefficient (Wildman–Crippen LogP) is 4.61. The third-order valence-corrected chi connectivity index (χ3v) is 3.40. The van der Waals surface area contributed by atoms with Crippen molar-refractivity contribution in [1.82, 2.24) is 0 Å². The number of nitrogens with one attached hydrogen (secondary N) is 1. The van der Waals surface area contributed by atoms with Gasteiger partial charge in [-0.05, 0) is 42.2 Å². The number of anilines is 1. The van der Waals surface area contributed by atoms with Crippen molar-refractivity contribution in [2.45, 2.75) is 32.6 Å². The van der Waals surface area contributed by atoms with Gasteiger partial charge in [-0.3, -0.25) is 4.79 Å². The first-order valence-corrected chi connectivity index (χ1v) is 7.73. The second-order valence-corrected chi connectivity index (χ2v) is 5.59. The van der Waals surface area contributed by atoms with Gasteiger partial charge >= 0.3 is 0 Å². The molecule has 0 bridgehead atoms. The molecule has 0 aliphatic carbocycles. The van der Waals surface area contributed by atoms with Crippen LogP contribution in [-0.4, -0.2) is 12.5 Å². The Morgan fingerprint density at radius 3 is 2.59 bits per heavy atom. The van der Waals surface area contributed by atoms with Gasteiger partial charge in [-0.1, -0.05) is 44.2 Å². The van der Waals surface area contributed by atoms with Gasteiger partial charge in [-0.2, -0.15) is 0 Å². The van der Waals surface area contributed by atoms with Crippen molar-refractivity contribution in [3.05, 3.63) is 60.2 Å². The molecule has 2 aromatic carbocycles. The second-order valence-electron chi connectivity index (χ2n) is 5.59. The maximum atomic E-state index is 11.9. The Morgan fingerprint density at radius 1 is 1.09 bits per heavy atom. The highest BCUT2D eigenvalue weighted by atomic mass is 16.5. The molecule has 0 aliphatic rings. The van der Waals surface area contributed by atoms with Crippen LogP contribution in [0.4, 0.5) is 5.69 Å². The van der Waals surface area contributed by atoms with Crippen LogP contribution in [0.5, 0.6) is 5.75 Å². The lowest BCUT2D eigenvalue weighted by Crippen LogP contribution is -2.13. The normalized spacial score (nSPS) is 10.5. The first kappa shape index (κ1) is 16.1. The minimum atomic E-state index is 0.0255. The number of carbonyl (C=O) groups is 1. The Labute approximate surface area is 132 Å². The molecule has 2 rings (SSSR count). The Kier molecular flexibility index (Phi) is 6.01. The van der Waals surface area contributed by atoms with E-state index in [1.165, 1.54) is 5.56 Å². The molecule has 0 atom stereocenters. The van der Waals surface area contributed by atoms with Gasteiger partial charge in [0.1, 0.15) is 5.75 Å². The number of carbonyl (C=O) groups excluding carboxylic acids is 1. The molecular formula is C19H23NO2. The summed E-state index contributed by atoms with van der Waals surface area (Å²) in [6.45, 7) is 4.83. The molecule has 116 valence electrons. The molecule has 1 N–H and O–H groups in total. The summed E-state index contributed by atoms with van der Waals surface area (Å²) in [4.78, 5) is 11.9. The fourth-order valence-electron chi connectivity index (χ4n) is 2.14. The van der Waals surface area contributed by atoms with Crippen molar-refractivity contribution in [2.24, 2.45) is 0 Å². The number of benzene rings is 2. The van der Waals surface area contributed by atoms with E-state index in [9.17, 15) is 4.79 Å². The second kappa shape index (κ2) is 8.23. The maximum Gasteiger partial charge on any atom is 0.224 e. The van der Waals surface area contributed by atoms with Gasteiger partial charge in [-0.15, -0.1) is 0 Å². The van der Waals surface area contributed by atoms with Crippen molar-refractivity contribution in [3.8, 4) is 5.75 Å². The van der Waals surface area contributed by atoms with E-state index in [2.05, 4.69) is 25.2 Å². The van der Waals surface area contributed by atoms with E-state index in [1.807, 2.05) is 48.5 Å². The highest BCUT2D eigenvalue weighted by Gasteiger charge is 2.05. The lowest BCUT2D eigenvalue weighted by atomic mass is 10.0. The largest absolute Gasteiger partial charge is 0.494 e. The number of hydrogen-bond acceptors (Lipinski definition) is 2. The molecule has 0 aromatic heterocycles. The third-order valence-electron chi connectivity index (χ3n) is 3.40. The SMILES string of the molecule is CC(C)c1cccc(NC(=O)CCCOc2ccccc2)c1. The van der Waals surface area contributed by atoms with Gasteiger partial charge < -0.3 is 10.1 Å². The van der Waals surface area contributed by atoms with E-state index < -0.39 is 0 Å². The van der Waals surface area contributed by atoms with Gasteiger partial charge in [0.2, 0.25) is 5.91 Å². The van der Waals surface area contributed by atoms with Crippen LogP contribution in [0.25, 0.3) is 0 Å². The minimum absolute atomic E-state index is 0.0255. The third kappa shape index (κ3) is 5.24. The van der Waals surface area contributed by atoms with Crippen LogP contribution in [0.1, 0.15) is 38.2 Å². The van der Waals surface area contributed by atoms with Gasteiger partial charge in [-0.25, -0.2) is 0 Å². The van der Waals surface area contributed by atoms with Gasteiger partial charge in [0.15, 0.2) is 0 Å². The molecule has 0 aliphatic heterocycles. The fraction of sp³-hybridized carbons (Fsp3) is 0.316. The fourth-order valence-corrected chi connectivity index (χ4v) is 2.14. The monoisotopic (exact) mass is 297 g/mol. The van der Waals surface area contributed by atoms with E-state index in [0.717, 1.165) is 11.4 Å². The number of rotatable bonds is 7. The highest BCUT2D eigenvalue weighted by Crippen LogP contribution is 2.18. The summed E-state index contributed by atoms with van der Waals surface area (Å²) in [5.74, 6) is 1.32. The predicted molar refractivity (Wildman–Crippen MR) is 90.3 cm³/mol. The molecule has 22 heavy (non-hydrogen) atoms. The average molecular weight is 297 g/mol. The van der Waals surface area contributed by atoms with Gasteiger partial charge in [0.25, 0.3) is 0 Å². The van der Waals surface area contributed by atoms with Crippen LogP contribution in [0.15, 0.2) is 54.6 Å². The molecule has 0 fully saturated rings. The highest BCUT2D eigenvalue weighted by molar-refractivity contribution is 5.90. The maximum absolute atomic E-state index is 11.9. The van der Waals surface area contributed by atoms with Crippen LogP contribution in [0, 0.1) is 0 Å². The molecule has 0 saturated carbocycles. The van der Waals surface area contributed by atoms with Crippen molar-refractivity contribution < 1.29 is 9.53 Å². The number of amides is 1. The summed E-state index contributed by atoms with van der Waals surface area (Å²) in [6, 6.07) is 17.7. The van der Waals surface area contributed by atoms with Crippen LogP contribution in [0.2, 0.25) is 0 Å². The average Bonchev–Trinajstić information content (AvgIpc) is 2.53. The van der Waals surface area contributed by atoms with Gasteiger partial charge in [0.05, 0.1) is 6.61 Å². The number of ether oxygens (including phenoxy) is 1. The zero-order chi connectivity index (χ0) is 15.8. The summed E-state index contributed by atoms with van der Waals surface area (Å²) < 4.78 is 5.58. The van der Waals surface area contributed by atoms with Crippen molar-refractivity contribution in [1.29, 1.82) is 0 Å². The summed E-state index contributed by atoms with van der Waals surface area (Å²) in [7, 11) is 0. The smallest absolute Gasteiger partial charge is 0.224 e. The molecule has 0 heterocycles. The molecule has 2 aromatic rings. The van der Waals surface area contributed by atoms with Gasteiger partial charge in [0, 0.05) is 12.1 Å². The molecule has 0 spiro atoms. The quantitative estimate of drug-likeness (QED) is 0.758. The molecule has 1 amide bonds. The molecular weight excluding hydrogens is 274 g/mol. The minimum Gasteiger partial charge on any atom is -0.494 e. The summed E-state index contributed by atoms with van der Waals surface area (Å²) in [5.41, 5.74) is 2.09. The molecule has 3 heteroatoms. The van der Waals surface area contributed by atoms with Crippen LogP contribution in [-0.2, 0) is 4.79 Å². The Bertz CT molecular complexity index is 593. The zero-order valence-corrected chi connectivity index (χ0v) is 13.2. The van der Waals surface area contributed by atoms with E-state index >= 15 is 0 Å². The molecule has 3 nitrogen and oxygen atoms in total. The van der Waals surface area contributed by atoms with Crippen molar-refractivity contribution in [3.63, 3.8) is 0 Å². The first-order chi connectivity index (χ1) is 10.6. The Morgan fingerprint density at radius 2 is 1.86 bits per heavy atom. The van der Waals surface area contributed by atoms with Crippen molar-refractivity contribution >= 4 is 11.6 Å². The molecule has 0 saturated heterocycles. The summed E-state index contributed by atoms with van der Waals surface area (Å²) in [6.07, 6.45) is 1.16. The topological polar surface area (TPSA) is 38.3 Å². The number of para-hydroxylation sites is 1. The van der Waals surface area contributed by atoms with Crippen molar-refractivity contribution in [2.75, 3.05) is 11.9 Å². The summed E-state index contributed by atoms with van der Waals surface area (Å²) >= 11 is 0. The van der Waals surface area contributed by atoms with E-state index in [4.69, 9.17) is 4.74 Å². The standard InChI is InChI=1S/C19H23NO2/c1-15(2)16-8-6-9-17(14-16)20-19(21)12-7-13-22-18-10-4-3-5-11-18/h3-6,8-11,14-15H,7,12-13H2,1-2H3,(H,20,21). The number of hydrogen-bond donors (Lipinski definition) is 1. The van der Waals surface area contributed by atoms with Crippen LogP contribution in [0.3, 0.4) is 0 Å². The van der Waals surface area contributed by atoms with E-state index in [0.29, 0.717) is 25.4 Å². The molecule has 0 radical (unpaired) electrons.